The van der Waals surface area contributed by atoms with E-state index in [1.54, 1.807) is 54.6 Å². The highest BCUT2D eigenvalue weighted by Crippen LogP contribution is 2.23. The van der Waals surface area contributed by atoms with Crippen molar-refractivity contribution < 1.29 is 14.4 Å². The molecule has 0 aromatic heterocycles. The topological polar surface area (TPSA) is 102 Å². The van der Waals surface area contributed by atoms with Crippen LogP contribution < -0.4 is 10.6 Å². The van der Waals surface area contributed by atoms with Crippen molar-refractivity contribution in [3.05, 3.63) is 65.7 Å². The van der Waals surface area contributed by atoms with Crippen LogP contribution in [0.3, 0.4) is 0 Å². The molecule has 1 saturated heterocycles. The Morgan fingerprint density at radius 1 is 1.07 bits per heavy atom. The largest absolute Gasteiger partial charge is 0.326 e. The number of carbonyl (C=O) groups excluding carboxylic acids is 3. The Labute approximate surface area is 178 Å². The van der Waals surface area contributed by atoms with Crippen LogP contribution in [-0.4, -0.2) is 40.3 Å². The number of nitriles is 1. The van der Waals surface area contributed by atoms with Crippen molar-refractivity contribution in [2.24, 2.45) is 0 Å². The first-order valence-electron chi connectivity index (χ1n) is 9.21. The van der Waals surface area contributed by atoms with Crippen molar-refractivity contribution in [2.45, 2.75) is 13.0 Å². The van der Waals surface area contributed by atoms with Crippen LogP contribution in [0.4, 0.5) is 11.4 Å². The lowest BCUT2D eigenvalue weighted by Gasteiger charge is -2.21. The van der Waals surface area contributed by atoms with Crippen LogP contribution in [0.25, 0.3) is 6.08 Å². The Morgan fingerprint density at radius 3 is 2.33 bits per heavy atom. The second-order valence-electron chi connectivity index (χ2n) is 6.64. The quantitative estimate of drug-likeness (QED) is 0.724. The molecule has 1 aliphatic heterocycles. The molecular weight excluding hydrogens is 400 g/mol. The van der Waals surface area contributed by atoms with Crippen LogP contribution in [0.2, 0.25) is 0 Å². The Bertz CT molecular complexity index is 1010. The van der Waals surface area contributed by atoms with Gasteiger partial charge in [-0.05, 0) is 48.0 Å². The van der Waals surface area contributed by atoms with Gasteiger partial charge in [0.1, 0.15) is 6.04 Å². The molecule has 8 heteroatoms. The minimum atomic E-state index is -0.565. The van der Waals surface area contributed by atoms with Crippen LogP contribution in [0.1, 0.15) is 18.1 Å². The average molecular weight is 420 g/mol. The summed E-state index contributed by atoms with van der Waals surface area (Å²) in [7, 11) is 0. The van der Waals surface area contributed by atoms with Gasteiger partial charge in [0, 0.05) is 30.1 Å². The molecule has 0 saturated carbocycles. The normalized spacial score (nSPS) is 15.6. The third-order valence-electron chi connectivity index (χ3n) is 4.40. The summed E-state index contributed by atoms with van der Waals surface area (Å²) in [5.74, 6) is 0.311. The molecule has 1 fully saturated rings. The van der Waals surface area contributed by atoms with Gasteiger partial charge in [-0.15, -0.1) is 11.8 Å². The first-order valence-corrected chi connectivity index (χ1v) is 10.4. The highest BCUT2D eigenvalue weighted by Gasteiger charge is 2.33. The number of nitrogens with zero attached hydrogens (tertiary/aromatic N) is 2. The van der Waals surface area contributed by atoms with E-state index >= 15 is 0 Å². The molecule has 0 spiro atoms. The molecule has 2 aromatic rings. The van der Waals surface area contributed by atoms with Gasteiger partial charge in [0.05, 0.1) is 17.5 Å². The van der Waals surface area contributed by atoms with Crippen LogP contribution in [0, 0.1) is 11.3 Å². The van der Waals surface area contributed by atoms with Crippen molar-refractivity contribution in [3.63, 3.8) is 0 Å². The fourth-order valence-corrected chi connectivity index (χ4v) is 4.04. The number of rotatable bonds is 5. The van der Waals surface area contributed by atoms with E-state index in [4.69, 9.17) is 5.26 Å². The molecule has 3 amide bonds. The third kappa shape index (κ3) is 5.49. The fraction of sp³-hybridized carbons (Fsp3) is 0.182. The predicted molar refractivity (Wildman–Crippen MR) is 118 cm³/mol. The van der Waals surface area contributed by atoms with Gasteiger partial charge in [-0.1, -0.05) is 12.1 Å². The number of amides is 3. The molecule has 1 aliphatic rings. The molecule has 1 atom stereocenters. The van der Waals surface area contributed by atoms with Crippen molar-refractivity contribution in [2.75, 3.05) is 22.3 Å². The maximum atomic E-state index is 12.6. The number of nitrogens with one attached hydrogen (secondary N) is 2. The molecule has 1 heterocycles. The van der Waals surface area contributed by atoms with Crippen molar-refractivity contribution >= 4 is 46.9 Å². The lowest BCUT2D eigenvalue weighted by Crippen LogP contribution is -2.43. The SMILES string of the molecule is CC(=O)Nc1ccc(/C=C/C(=O)N2CSCC2C(=O)Nc2ccc(C#N)cc2)cc1. The number of hydrogen-bond donors (Lipinski definition) is 2. The number of benzene rings is 2. The lowest BCUT2D eigenvalue weighted by molar-refractivity contribution is -0.132. The Morgan fingerprint density at radius 2 is 1.70 bits per heavy atom. The van der Waals surface area contributed by atoms with Crippen molar-refractivity contribution in [3.8, 4) is 6.07 Å². The first-order chi connectivity index (χ1) is 14.5. The molecule has 0 aliphatic carbocycles. The van der Waals surface area contributed by atoms with Gasteiger partial charge in [-0.2, -0.15) is 5.26 Å². The van der Waals surface area contributed by atoms with Gasteiger partial charge in [0.15, 0.2) is 0 Å². The summed E-state index contributed by atoms with van der Waals surface area (Å²) in [6, 6.07) is 15.1. The van der Waals surface area contributed by atoms with Gasteiger partial charge in [-0.3, -0.25) is 14.4 Å². The maximum Gasteiger partial charge on any atom is 0.248 e. The average Bonchev–Trinajstić information content (AvgIpc) is 3.23. The molecule has 2 N–H and O–H groups in total. The molecule has 0 radical (unpaired) electrons. The molecule has 1 unspecified atom stereocenters. The van der Waals surface area contributed by atoms with Crippen molar-refractivity contribution in [1.29, 1.82) is 5.26 Å². The summed E-state index contributed by atoms with van der Waals surface area (Å²) in [4.78, 5) is 37.9. The number of hydrogen-bond acceptors (Lipinski definition) is 5. The highest BCUT2D eigenvalue weighted by molar-refractivity contribution is 7.99. The highest BCUT2D eigenvalue weighted by atomic mass is 32.2. The first kappa shape index (κ1) is 21.1. The molecule has 2 aromatic carbocycles. The zero-order chi connectivity index (χ0) is 21.5. The minimum absolute atomic E-state index is 0.148. The third-order valence-corrected chi connectivity index (χ3v) is 5.41. The smallest absolute Gasteiger partial charge is 0.248 e. The maximum absolute atomic E-state index is 12.6. The molecule has 30 heavy (non-hydrogen) atoms. The van der Waals surface area contributed by atoms with Crippen LogP contribution >= 0.6 is 11.8 Å². The van der Waals surface area contributed by atoms with Gasteiger partial charge in [-0.25, -0.2) is 0 Å². The Hall–Kier alpha value is -3.57. The van der Waals surface area contributed by atoms with Crippen molar-refractivity contribution in [1.82, 2.24) is 4.90 Å². The standard InChI is InChI=1S/C22H20N4O3S/c1-15(27)24-18-7-2-16(3-8-18)6-11-21(28)26-14-30-13-20(26)22(29)25-19-9-4-17(12-23)5-10-19/h2-11,20H,13-14H2,1H3,(H,24,27)(H,25,29)/b11-6+. The Balaban J connectivity index is 1.61. The second-order valence-corrected chi connectivity index (χ2v) is 7.64. The summed E-state index contributed by atoms with van der Waals surface area (Å²) >= 11 is 1.52. The van der Waals surface area contributed by atoms with Gasteiger partial charge >= 0.3 is 0 Å². The summed E-state index contributed by atoms with van der Waals surface area (Å²) in [5, 5.41) is 14.3. The molecule has 7 nitrogen and oxygen atoms in total. The summed E-state index contributed by atoms with van der Waals surface area (Å²) in [6.45, 7) is 1.44. The molecule has 3 rings (SSSR count). The molecule has 0 bridgehead atoms. The van der Waals surface area contributed by atoms with Crippen LogP contribution in [-0.2, 0) is 14.4 Å². The van der Waals surface area contributed by atoms with Crippen LogP contribution in [0.15, 0.2) is 54.6 Å². The van der Waals surface area contributed by atoms with Gasteiger partial charge in [0.2, 0.25) is 17.7 Å². The fourth-order valence-electron chi connectivity index (χ4n) is 2.87. The van der Waals surface area contributed by atoms with Crippen LogP contribution in [0.5, 0.6) is 0 Å². The zero-order valence-electron chi connectivity index (χ0n) is 16.3. The van der Waals surface area contributed by atoms with E-state index in [2.05, 4.69) is 10.6 Å². The molecular formula is C22H20N4O3S. The van der Waals surface area contributed by atoms with E-state index in [1.807, 2.05) is 6.07 Å². The summed E-state index contributed by atoms with van der Waals surface area (Å²) in [5.41, 5.74) is 2.58. The van der Waals surface area contributed by atoms with E-state index in [-0.39, 0.29) is 17.7 Å². The Kier molecular flexibility index (Phi) is 6.88. The minimum Gasteiger partial charge on any atom is -0.326 e. The predicted octanol–water partition coefficient (Wildman–Crippen LogP) is 3.07. The number of carbonyl (C=O) groups is 3. The second kappa shape index (κ2) is 9.76. The zero-order valence-corrected chi connectivity index (χ0v) is 17.1. The van der Waals surface area contributed by atoms with E-state index in [0.29, 0.717) is 28.6 Å². The summed E-state index contributed by atoms with van der Waals surface area (Å²) < 4.78 is 0. The molecule has 152 valence electrons. The van der Waals surface area contributed by atoms with E-state index in [1.165, 1.54) is 29.7 Å². The van der Waals surface area contributed by atoms with E-state index in [9.17, 15) is 14.4 Å². The monoisotopic (exact) mass is 420 g/mol. The van der Waals surface area contributed by atoms with E-state index < -0.39 is 6.04 Å². The van der Waals surface area contributed by atoms with Gasteiger partial charge < -0.3 is 15.5 Å². The number of anilines is 2. The number of thioether (sulfide) groups is 1. The lowest BCUT2D eigenvalue weighted by atomic mass is 10.2. The van der Waals surface area contributed by atoms with Gasteiger partial charge in [0.25, 0.3) is 0 Å². The summed E-state index contributed by atoms with van der Waals surface area (Å²) in [6.07, 6.45) is 3.12. The van der Waals surface area contributed by atoms with E-state index in [0.717, 1.165) is 5.56 Å².